The normalized spacial score (nSPS) is 15.4. The van der Waals surface area contributed by atoms with Crippen molar-refractivity contribution in [3.63, 3.8) is 0 Å². The van der Waals surface area contributed by atoms with Crippen molar-refractivity contribution in [1.82, 2.24) is 29.8 Å². The Hall–Kier alpha value is -3.14. The molecule has 1 N–H and O–H groups in total. The maximum atomic E-state index is 12.9. The number of aromatic amines is 1. The minimum Gasteiger partial charge on any atom is -0.335 e. The highest BCUT2D eigenvalue weighted by Gasteiger charge is 2.31. The Morgan fingerprint density at radius 3 is 2.47 bits per heavy atom. The second-order valence-electron chi connectivity index (χ2n) is 8.10. The monoisotopic (exact) mass is 446 g/mol. The van der Waals surface area contributed by atoms with Crippen molar-refractivity contribution in [2.24, 2.45) is 7.05 Å². The van der Waals surface area contributed by atoms with E-state index in [1.165, 1.54) is 12.1 Å². The van der Waals surface area contributed by atoms with Gasteiger partial charge in [0.15, 0.2) is 0 Å². The number of aromatic nitrogens is 4. The minimum atomic E-state index is -4.35. The minimum absolute atomic E-state index is 0.137. The molecule has 32 heavy (non-hydrogen) atoms. The van der Waals surface area contributed by atoms with E-state index in [0.717, 1.165) is 23.0 Å². The van der Waals surface area contributed by atoms with Crippen molar-refractivity contribution in [2.45, 2.75) is 26.6 Å². The highest BCUT2D eigenvalue weighted by molar-refractivity contribution is 5.93. The number of aryl methyl sites for hydroxylation is 2. The summed E-state index contributed by atoms with van der Waals surface area (Å²) in [5.74, 6) is -0.137. The smallest absolute Gasteiger partial charge is 0.335 e. The summed E-state index contributed by atoms with van der Waals surface area (Å²) in [5.41, 5.74) is 3.79. The van der Waals surface area contributed by atoms with Crippen molar-refractivity contribution in [3.05, 3.63) is 58.5 Å². The summed E-state index contributed by atoms with van der Waals surface area (Å²) >= 11 is 0. The van der Waals surface area contributed by atoms with E-state index < -0.39 is 11.7 Å². The van der Waals surface area contributed by atoms with E-state index in [0.29, 0.717) is 49.7 Å². The lowest BCUT2D eigenvalue weighted by Gasteiger charge is -2.34. The molecular weight excluding hydrogens is 421 g/mol. The van der Waals surface area contributed by atoms with Crippen LogP contribution >= 0.6 is 0 Å². The molecule has 0 radical (unpaired) electrons. The molecule has 0 bridgehead atoms. The Kier molecular flexibility index (Phi) is 5.81. The molecule has 1 aromatic carbocycles. The van der Waals surface area contributed by atoms with E-state index in [4.69, 9.17) is 0 Å². The summed E-state index contributed by atoms with van der Waals surface area (Å²) in [6, 6.07) is 7.13. The van der Waals surface area contributed by atoms with E-state index >= 15 is 0 Å². The fourth-order valence-corrected chi connectivity index (χ4v) is 4.09. The summed E-state index contributed by atoms with van der Waals surface area (Å²) in [5, 5.41) is 11.5. The van der Waals surface area contributed by atoms with Crippen LogP contribution in [0.5, 0.6) is 0 Å². The maximum absolute atomic E-state index is 12.9. The molecule has 7 nitrogen and oxygen atoms in total. The number of carbonyl (C=O) groups excluding carboxylic acids is 1. The van der Waals surface area contributed by atoms with Crippen LogP contribution in [0.25, 0.3) is 11.3 Å². The number of nitrogens with one attached hydrogen (secondary N) is 1. The van der Waals surface area contributed by atoms with Gasteiger partial charge in [-0.1, -0.05) is 18.2 Å². The quantitative estimate of drug-likeness (QED) is 0.667. The van der Waals surface area contributed by atoms with Gasteiger partial charge < -0.3 is 4.90 Å². The van der Waals surface area contributed by atoms with Crippen LogP contribution in [0.1, 0.15) is 33.0 Å². The lowest BCUT2D eigenvalue weighted by atomic mass is 10.1. The van der Waals surface area contributed by atoms with E-state index in [1.807, 2.05) is 20.9 Å². The van der Waals surface area contributed by atoms with Gasteiger partial charge >= 0.3 is 6.18 Å². The lowest BCUT2D eigenvalue weighted by Crippen LogP contribution is -2.48. The molecule has 170 valence electrons. The van der Waals surface area contributed by atoms with Gasteiger partial charge in [-0.3, -0.25) is 19.5 Å². The Morgan fingerprint density at radius 1 is 1.12 bits per heavy atom. The van der Waals surface area contributed by atoms with E-state index in [2.05, 4.69) is 20.2 Å². The van der Waals surface area contributed by atoms with Gasteiger partial charge in [0, 0.05) is 51.0 Å². The first-order valence-corrected chi connectivity index (χ1v) is 10.4. The van der Waals surface area contributed by atoms with Gasteiger partial charge in [0.1, 0.15) is 5.69 Å². The predicted octanol–water partition coefficient (Wildman–Crippen LogP) is 3.40. The first-order chi connectivity index (χ1) is 15.1. The van der Waals surface area contributed by atoms with Crippen LogP contribution in [0, 0.1) is 13.8 Å². The van der Waals surface area contributed by atoms with Gasteiger partial charge in [0.2, 0.25) is 0 Å². The summed E-state index contributed by atoms with van der Waals surface area (Å²) in [6.07, 6.45) is -4.35. The molecule has 1 amide bonds. The molecule has 3 aromatic rings. The van der Waals surface area contributed by atoms with E-state index in [1.54, 1.807) is 21.7 Å². The SMILES string of the molecule is Cc1nn(C)c(C)c1-c1cc(C(=O)N2CCN(Cc3cccc(C(F)(F)F)c3)CC2)[nH]n1. The Balaban J connectivity index is 1.38. The Bertz CT molecular complexity index is 1130. The second kappa shape index (κ2) is 8.42. The number of H-pyrrole nitrogens is 1. The standard InChI is InChI=1S/C22H25F3N6O/c1-14-20(15(2)29(3)28-14)18-12-19(27-26-18)21(32)31-9-7-30(8-10-31)13-16-5-4-6-17(11-16)22(23,24)25/h4-6,11-12H,7-10,13H2,1-3H3,(H,26,27). The van der Waals surface area contributed by atoms with Gasteiger partial charge in [-0.05, 0) is 31.5 Å². The van der Waals surface area contributed by atoms with Gasteiger partial charge in [0.25, 0.3) is 5.91 Å². The fourth-order valence-electron chi connectivity index (χ4n) is 4.09. The highest BCUT2D eigenvalue weighted by Crippen LogP contribution is 2.30. The Labute approximate surface area is 183 Å². The van der Waals surface area contributed by atoms with E-state index in [9.17, 15) is 18.0 Å². The molecule has 0 aliphatic carbocycles. The summed E-state index contributed by atoms with van der Waals surface area (Å²) in [4.78, 5) is 16.7. The second-order valence-corrected chi connectivity index (χ2v) is 8.10. The molecule has 0 unspecified atom stereocenters. The van der Waals surface area contributed by atoms with Gasteiger partial charge in [0.05, 0.1) is 17.0 Å². The number of rotatable bonds is 4. The average molecular weight is 446 g/mol. The van der Waals surface area contributed by atoms with Gasteiger partial charge in [-0.2, -0.15) is 23.4 Å². The molecule has 2 aromatic heterocycles. The first kappa shape index (κ1) is 22.1. The zero-order valence-corrected chi connectivity index (χ0v) is 18.2. The highest BCUT2D eigenvalue weighted by atomic mass is 19.4. The number of nitrogens with zero attached hydrogens (tertiary/aromatic N) is 5. The lowest BCUT2D eigenvalue weighted by molar-refractivity contribution is -0.137. The molecule has 3 heterocycles. The van der Waals surface area contributed by atoms with Crippen LogP contribution in [0.15, 0.2) is 30.3 Å². The largest absolute Gasteiger partial charge is 0.416 e. The predicted molar refractivity (Wildman–Crippen MR) is 113 cm³/mol. The van der Waals surface area contributed by atoms with Crippen LogP contribution in [-0.4, -0.2) is 61.9 Å². The number of hydrogen-bond acceptors (Lipinski definition) is 4. The molecule has 4 rings (SSSR count). The summed E-state index contributed by atoms with van der Waals surface area (Å²) in [7, 11) is 1.86. The third-order valence-electron chi connectivity index (χ3n) is 5.89. The van der Waals surface area contributed by atoms with Crippen molar-refractivity contribution in [2.75, 3.05) is 26.2 Å². The van der Waals surface area contributed by atoms with Crippen molar-refractivity contribution in [1.29, 1.82) is 0 Å². The molecule has 1 fully saturated rings. The molecule has 1 saturated heterocycles. The third kappa shape index (κ3) is 4.40. The number of halogens is 3. The number of hydrogen-bond donors (Lipinski definition) is 1. The molecular formula is C22H25F3N6O. The van der Waals surface area contributed by atoms with E-state index in [-0.39, 0.29) is 5.91 Å². The van der Waals surface area contributed by atoms with Crippen LogP contribution in [0.4, 0.5) is 13.2 Å². The topological polar surface area (TPSA) is 70.1 Å². The number of amides is 1. The van der Waals surface area contributed by atoms with Crippen LogP contribution in [0.2, 0.25) is 0 Å². The molecule has 1 aliphatic rings. The summed E-state index contributed by atoms with van der Waals surface area (Å²) in [6.45, 7) is 6.44. The van der Waals surface area contributed by atoms with Gasteiger partial charge in [-0.15, -0.1) is 0 Å². The molecule has 10 heteroatoms. The fraction of sp³-hybridized carbons (Fsp3) is 0.409. The molecule has 0 saturated carbocycles. The van der Waals surface area contributed by atoms with Crippen LogP contribution in [0.3, 0.4) is 0 Å². The third-order valence-corrected chi connectivity index (χ3v) is 5.89. The van der Waals surface area contributed by atoms with Crippen molar-refractivity contribution in [3.8, 4) is 11.3 Å². The number of alkyl halides is 3. The van der Waals surface area contributed by atoms with Crippen LogP contribution < -0.4 is 0 Å². The molecule has 0 atom stereocenters. The number of carbonyl (C=O) groups is 1. The Morgan fingerprint density at radius 2 is 1.84 bits per heavy atom. The van der Waals surface area contributed by atoms with Gasteiger partial charge in [-0.25, -0.2) is 0 Å². The number of benzene rings is 1. The molecule has 0 spiro atoms. The first-order valence-electron chi connectivity index (χ1n) is 10.4. The van der Waals surface area contributed by atoms with Crippen LogP contribution in [-0.2, 0) is 19.8 Å². The molecule has 1 aliphatic heterocycles. The average Bonchev–Trinajstić information content (AvgIpc) is 3.32. The van der Waals surface area contributed by atoms with Crippen molar-refractivity contribution < 1.29 is 18.0 Å². The van der Waals surface area contributed by atoms with Crippen molar-refractivity contribution >= 4 is 5.91 Å². The zero-order chi connectivity index (χ0) is 23.0. The zero-order valence-electron chi connectivity index (χ0n) is 18.2. The maximum Gasteiger partial charge on any atom is 0.416 e. The number of piperazine rings is 1. The summed E-state index contributed by atoms with van der Waals surface area (Å²) < 4.78 is 40.6.